The van der Waals surface area contributed by atoms with Gasteiger partial charge in [0.2, 0.25) is 0 Å². The monoisotopic (exact) mass is 259 g/mol. The maximum atomic E-state index is 5.52. The predicted octanol–water partition coefficient (Wildman–Crippen LogP) is 3.57. The van der Waals surface area contributed by atoms with Crippen LogP contribution in [-0.2, 0) is 6.42 Å². The van der Waals surface area contributed by atoms with Gasteiger partial charge >= 0.3 is 0 Å². The van der Waals surface area contributed by atoms with Crippen molar-refractivity contribution in [1.82, 2.24) is 5.32 Å². The van der Waals surface area contributed by atoms with Crippen molar-refractivity contribution in [3.63, 3.8) is 0 Å². The molecule has 0 bridgehead atoms. The minimum atomic E-state index is 0.225. The maximum absolute atomic E-state index is 5.52. The lowest BCUT2D eigenvalue weighted by molar-refractivity contribution is 0.408. The number of benzene rings is 1. The average molecular weight is 259 g/mol. The van der Waals surface area contributed by atoms with Crippen LogP contribution in [0.4, 0.5) is 0 Å². The van der Waals surface area contributed by atoms with Gasteiger partial charge < -0.3 is 14.5 Å². The molecule has 1 aromatic carbocycles. The summed E-state index contributed by atoms with van der Waals surface area (Å²) >= 11 is 0. The summed E-state index contributed by atoms with van der Waals surface area (Å²) in [6.45, 7) is 3.15. The molecule has 0 saturated carbocycles. The van der Waals surface area contributed by atoms with Crippen LogP contribution in [0.25, 0.3) is 0 Å². The molecule has 1 N–H and O–H groups in total. The molecule has 3 heteroatoms. The van der Waals surface area contributed by atoms with E-state index in [-0.39, 0.29) is 6.04 Å². The van der Waals surface area contributed by atoms with E-state index in [9.17, 15) is 0 Å². The van der Waals surface area contributed by atoms with E-state index in [1.165, 1.54) is 5.56 Å². The predicted molar refractivity (Wildman–Crippen MR) is 76.4 cm³/mol. The van der Waals surface area contributed by atoms with E-state index < -0.39 is 0 Å². The van der Waals surface area contributed by atoms with Crippen molar-refractivity contribution in [3.05, 3.63) is 54.0 Å². The second kappa shape index (κ2) is 7.00. The topological polar surface area (TPSA) is 34.4 Å². The molecule has 2 rings (SSSR count). The normalized spacial score (nSPS) is 12.3. The Morgan fingerprint density at radius 1 is 1.21 bits per heavy atom. The van der Waals surface area contributed by atoms with E-state index in [0.29, 0.717) is 0 Å². The highest BCUT2D eigenvalue weighted by atomic mass is 16.5. The number of methoxy groups -OCH3 is 1. The summed E-state index contributed by atoms with van der Waals surface area (Å²) < 4.78 is 10.7. The largest absolute Gasteiger partial charge is 0.497 e. The Balaban J connectivity index is 2.06. The van der Waals surface area contributed by atoms with Crippen molar-refractivity contribution in [2.75, 3.05) is 13.7 Å². The zero-order chi connectivity index (χ0) is 13.5. The van der Waals surface area contributed by atoms with E-state index in [1.54, 1.807) is 13.4 Å². The fraction of sp³-hybridized carbons (Fsp3) is 0.375. The minimum Gasteiger partial charge on any atom is -0.497 e. The molecule has 0 amide bonds. The molecule has 0 spiro atoms. The van der Waals surface area contributed by atoms with Gasteiger partial charge in [-0.25, -0.2) is 0 Å². The van der Waals surface area contributed by atoms with Gasteiger partial charge in [-0.1, -0.05) is 19.1 Å². The third-order valence-electron chi connectivity index (χ3n) is 3.13. The van der Waals surface area contributed by atoms with Crippen molar-refractivity contribution in [3.8, 4) is 5.75 Å². The smallest absolute Gasteiger partial charge is 0.121 e. The number of nitrogens with one attached hydrogen (secondary N) is 1. The van der Waals surface area contributed by atoms with Crippen LogP contribution in [0.2, 0.25) is 0 Å². The van der Waals surface area contributed by atoms with E-state index in [2.05, 4.69) is 24.4 Å². The minimum absolute atomic E-state index is 0.225. The molecule has 1 aromatic heterocycles. The van der Waals surface area contributed by atoms with Gasteiger partial charge in [-0.2, -0.15) is 0 Å². The highest BCUT2D eigenvalue weighted by Crippen LogP contribution is 2.20. The fourth-order valence-corrected chi connectivity index (χ4v) is 2.08. The van der Waals surface area contributed by atoms with Crippen molar-refractivity contribution >= 4 is 0 Å². The number of hydrogen-bond acceptors (Lipinski definition) is 3. The van der Waals surface area contributed by atoms with Crippen molar-refractivity contribution in [2.24, 2.45) is 0 Å². The lowest BCUT2D eigenvalue weighted by Gasteiger charge is -2.16. The number of ether oxygens (including phenoxy) is 1. The first-order valence-corrected chi connectivity index (χ1v) is 6.73. The molecule has 19 heavy (non-hydrogen) atoms. The van der Waals surface area contributed by atoms with Crippen molar-refractivity contribution in [1.29, 1.82) is 0 Å². The molecular formula is C16H21NO2. The molecule has 3 nitrogen and oxygen atoms in total. The molecule has 1 unspecified atom stereocenters. The van der Waals surface area contributed by atoms with Crippen LogP contribution in [0.1, 0.15) is 30.7 Å². The second-order valence-corrected chi connectivity index (χ2v) is 4.57. The van der Waals surface area contributed by atoms with E-state index >= 15 is 0 Å². The van der Waals surface area contributed by atoms with Gasteiger partial charge in [0.05, 0.1) is 19.4 Å². The van der Waals surface area contributed by atoms with Crippen molar-refractivity contribution < 1.29 is 9.15 Å². The Labute approximate surface area is 114 Å². The average Bonchev–Trinajstić information content (AvgIpc) is 2.98. The van der Waals surface area contributed by atoms with Gasteiger partial charge in [-0.15, -0.1) is 0 Å². The van der Waals surface area contributed by atoms with Crippen LogP contribution < -0.4 is 10.1 Å². The van der Waals surface area contributed by atoms with Gasteiger partial charge in [0.15, 0.2) is 0 Å². The molecule has 0 radical (unpaired) electrons. The third-order valence-corrected chi connectivity index (χ3v) is 3.13. The quantitative estimate of drug-likeness (QED) is 0.825. The Morgan fingerprint density at radius 3 is 2.58 bits per heavy atom. The van der Waals surface area contributed by atoms with Crippen molar-refractivity contribution in [2.45, 2.75) is 25.8 Å². The lowest BCUT2D eigenvalue weighted by Crippen LogP contribution is -2.23. The number of rotatable bonds is 7. The summed E-state index contributed by atoms with van der Waals surface area (Å²) in [5, 5.41) is 3.52. The molecule has 1 heterocycles. The van der Waals surface area contributed by atoms with Crippen LogP contribution in [-0.4, -0.2) is 13.7 Å². The maximum Gasteiger partial charge on any atom is 0.121 e. The molecule has 0 aliphatic heterocycles. The second-order valence-electron chi connectivity index (χ2n) is 4.57. The van der Waals surface area contributed by atoms with Crippen LogP contribution in [0.15, 0.2) is 47.1 Å². The van der Waals surface area contributed by atoms with E-state index in [1.807, 2.05) is 24.3 Å². The summed E-state index contributed by atoms with van der Waals surface area (Å²) in [6, 6.07) is 12.4. The molecule has 2 aromatic rings. The van der Waals surface area contributed by atoms with Gasteiger partial charge in [-0.3, -0.25) is 0 Å². The van der Waals surface area contributed by atoms with Crippen LogP contribution in [0.5, 0.6) is 5.75 Å². The summed E-state index contributed by atoms with van der Waals surface area (Å²) in [6.07, 6.45) is 3.75. The summed E-state index contributed by atoms with van der Waals surface area (Å²) in [4.78, 5) is 0. The third kappa shape index (κ3) is 3.86. The fourth-order valence-electron chi connectivity index (χ4n) is 2.08. The highest BCUT2D eigenvalue weighted by Gasteiger charge is 2.14. The first kappa shape index (κ1) is 13.7. The molecule has 0 aliphatic carbocycles. The molecule has 1 atom stereocenters. The molecule has 0 fully saturated rings. The summed E-state index contributed by atoms with van der Waals surface area (Å²) in [5.74, 6) is 1.88. The highest BCUT2D eigenvalue weighted by molar-refractivity contribution is 5.28. The Hall–Kier alpha value is -1.74. The van der Waals surface area contributed by atoms with Gasteiger partial charge in [0.1, 0.15) is 11.5 Å². The lowest BCUT2D eigenvalue weighted by atomic mass is 10.0. The number of hydrogen-bond donors (Lipinski definition) is 1. The molecule has 0 saturated heterocycles. The Morgan fingerprint density at radius 2 is 2.00 bits per heavy atom. The SMILES string of the molecule is CCCNC(Cc1ccc(OC)cc1)c1ccco1. The van der Waals surface area contributed by atoms with Gasteiger partial charge in [0.25, 0.3) is 0 Å². The molecular weight excluding hydrogens is 238 g/mol. The molecule has 0 aliphatic rings. The van der Waals surface area contributed by atoms with E-state index in [0.717, 1.165) is 30.9 Å². The zero-order valence-electron chi connectivity index (χ0n) is 11.6. The zero-order valence-corrected chi connectivity index (χ0v) is 11.6. The molecule has 102 valence electrons. The number of furan rings is 1. The summed E-state index contributed by atoms with van der Waals surface area (Å²) in [7, 11) is 1.68. The first-order chi connectivity index (χ1) is 9.33. The standard InChI is InChI=1S/C16H21NO2/c1-3-10-17-15(16-5-4-11-19-16)12-13-6-8-14(18-2)9-7-13/h4-9,11,15,17H,3,10,12H2,1-2H3. The van der Waals surface area contributed by atoms with Crippen LogP contribution in [0, 0.1) is 0 Å². The van der Waals surface area contributed by atoms with Crippen LogP contribution >= 0.6 is 0 Å². The Kier molecular flexibility index (Phi) is 5.04. The van der Waals surface area contributed by atoms with Crippen LogP contribution in [0.3, 0.4) is 0 Å². The van der Waals surface area contributed by atoms with E-state index in [4.69, 9.17) is 9.15 Å². The Bertz CT molecular complexity index is 462. The summed E-state index contributed by atoms with van der Waals surface area (Å²) in [5.41, 5.74) is 1.27. The van der Waals surface area contributed by atoms with Gasteiger partial charge in [-0.05, 0) is 49.2 Å². The first-order valence-electron chi connectivity index (χ1n) is 6.73. The van der Waals surface area contributed by atoms with Gasteiger partial charge in [0, 0.05) is 0 Å².